The van der Waals surface area contributed by atoms with Gasteiger partial charge in [0.15, 0.2) is 0 Å². The molecule has 66 valence electrons. The van der Waals surface area contributed by atoms with E-state index in [9.17, 15) is 0 Å². The second-order valence-electron chi connectivity index (χ2n) is 3.72. The summed E-state index contributed by atoms with van der Waals surface area (Å²) in [4.78, 5) is 0. The summed E-state index contributed by atoms with van der Waals surface area (Å²) in [6.45, 7) is 8.16. The first kappa shape index (κ1) is 9.67. The molecule has 1 N–H and O–H groups in total. The summed E-state index contributed by atoms with van der Waals surface area (Å²) in [6, 6.07) is 0. The van der Waals surface area contributed by atoms with Gasteiger partial charge in [0, 0.05) is 12.8 Å². The molecule has 0 saturated heterocycles. The van der Waals surface area contributed by atoms with E-state index in [1.54, 1.807) is 0 Å². The van der Waals surface area contributed by atoms with Gasteiger partial charge in [-0.1, -0.05) is 17.7 Å². The minimum Gasteiger partial charge on any atom is -0.124 e. The summed E-state index contributed by atoms with van der Waals surface area (Å²) in [5.41, 5.74) is 3.28. The number of rotatable bonds is 2. The van der Waals surface area contributed by atoms with Gasteiger partial charge in [-0.15, -0.1) is 5.16 Å². The minimum absolute atomic E-state index is 0.501. The molecule has 1 aliphatic heterocycles. The topological polar surface area (TPSA) is 23.9 Å². The largest absolute Gasteiger partial charge is 0.204 e. The molecule has 0 radical (unpaired) electrons. The Labute approximate surface area is 75.8 Å². The number of hydrogen-bond donors (Lipinski definition) is 1. The van der Waals surface area contributed by atoms with Crippen molar-refractivity contribution in [2.45, 2.75) is 32.3 Å². The fourth-order valence-corrected chi connectivity index (χ4v) is 3.40. The van der Waals surface area contributed by atoms with Crippen molar-refractivity contribution in [1.29, 1.82) is 5.16 Å². The highest BCUT2D eigenvalue weighted by Gasteiger charge is 2.28. The zero-order chi connectivity index (χ0) is 9.14. The lowest BCUT2D eigenvalue weighted by atomic mass is 10.1. The summed E-state index contributed by atoms with van der Waals surface area (Å²) in [5, 5.41) is 7.89. The van der Waals surface area contributed by atoms with E-state index in [2.05, 4.69) is 26.5 Å². The van der Waals surface area contributed by atoms with E-state index in [1.165, 1.54) is 11.1 Å². The lowest BCUT2D eigenvalue weighted by Gasteiger charge is -2.13. The molecule has 0 bridgehead atoms. The molecule has 2 heteroatoms. The highest BCUT2D eigenvalue weighted by atomic mass is 31.1. The third-order valence-corrected chi connectivity index (χ3v) is 4.04. The van der Waals surface area contributed by atoms with Crippen molar-refractivity contribution in [2.24, 2.45) is 0 Å². The Morgan fingerprint density at radius 2 is 2.50 bits per heavy atom. The molecule has 12 heavy (non-hydrogen) atoms. The van der Waals surface area contributed by atoms with Crippen molar-refractivity contribution >= 4 is 7.71 Å². The van der Waals surface area contributed by atoms with Gasteiger partial charge in [0.05, 0.1) is 0 Å². The second kappa shape index (κ2) is 4.00. The molecule has 1 unspecified atom stereocenters. The maximum absolute atomic E-state index is 7.89. The van der Waals surface area contributed by atoms with Crippen molar-refractivity contribution < 1.29 is 0 Å². The van der Waals surface area contributed by atoms with Gasteiger partial charge in [-0.05, 0) is 19.9 Å². The standard InChI is InChI=1S/C10H17NP/c1-8(2)6-10-7-9(3)4-5-12(10)11/h4,10-11H,1,5-7H2,2-3H3/q+1/t10-/m1/s1. The van der Waals surface area contributed by atoms with Crippen LogP contribution in [0.25, 0.3) is 0 Å². The van der Waals surface area contributed by atoms with E-state index in [4.69, 9.17) is 5.16 Å². The van der Waals surface area contributed by atoms with E-state index < -0.39 is 7.71 Å². The smallest absolute Gasteiger partial charge is 0.124 e. The predicted octanol–water partition coefficient (Wildman–Crippen LogP) is 3.92. The maximum Gasteiger partial charge on any atom is 0.204 e. The Balaban J connectivity index is 2.60. The molecule has 1 nitrogen and oxygen atoms in total. The molecule has 1 heterocycles. The summed E-state index contributed by atoms with van der Waals surface area (Å²) >= 11 is 0. The van der Waals surface area contributed by atoms with Gasteiger partial charge in [0.2, 0.25) is 7.71 Å². The number of hydrogen-bond acceptors (Lipinski definition) is 1. The number of nitrogens with one attached hydrogen (secondary N) is 1. The van der Waals surface area contributed by atoms with Crippen LogP contribution in [-0.2, 0) is 0 Å². The van der Waals surface area contributed by atoms with Crippen LogP contribution in [-0.4, -0.2) is 11.8 Å². The van der Waals surface area contributed by atoms with Gasteiger partial charge < -0.3 is 0 Å². The highest BCUT2D eigenvalue weighted by molar-refractivity contribution is 7.47. The van der Waals surface area contributed by atoms with Crippen LogP contribution in [0.4, 0.5) is 0 Å². The zero-order valence-electron chi connectivity index (χ0n) is 7.93. The average Bonchev–Trinajstić information content (AvgIpc) is 1.96. The molecule has 0 fully saturated rings. The first-order valence-corrected chi connectivity index (χ1v) is 5.97. The van der Waals surface area contributed by atoms with Crippen LogP contribution in [0.3, 0.4) is 0 Å². The van der Waals surface area contributed by atoms with Crippen molar-refractivity contribution in [3.05, 3.63) is 23.8 Å². The molecule has 2 atom stereocenters. The van der Waals surface area contributed by atoms with Gasteiger partial charge in [0.1, 0.15) is 11.8 Å². The molecule has 0 amide bonds. The van der Waals surface area contributed by atoms with Crippen molar-refractivity contribution in [2.75, 3.05) is 6.16 Å². The van der Waals surface area contributed by atoms with Gasteiger partial charge >= 0.3 is 0 Å². The quantitative estimate of drug-likeness (QED) is 0.494. The van der Waals surface area contributed by atoms with E-state index in [1.807, 2.05) is 0 Å². The Bertz CT molecular complexity index is 240. The summed E-state index contributed by atoms with van der Waals surface area (Å²) in [7, 11) is -0.501. The van der Waals surface area contributed by atoms with Crippen LogP contribution in [0.1, 0.15) is 26.7 Å². The first-order valence-electron chi connectivity index (χ1n) is 4.37. The summed E-state index contributed by atoms with van der Waals surface area (Å²) < 4.78 is 0. The third kappa shape index (κ3) is 2.57. The van der Waals surface area contributed by atoms with Crippen molar-refractivity contribution in [1.82, 2.24) is 0 Å². The average molecular weight is 182 g/mol. The van der Waals surface area contributed by atoms with Gasteiger partial charge in [-0.3, -0.25) is 0 Å². The molecule has 0 spiro atoms. The van der Waals surface area contributed by atoms with E-state index in [0.717, 1.165) is 19.0 Å². The molecule has 1 rings (SSSR count). The lowest BCUT2D eigenvalue weighted by Crippen LogP contribution is -2.08. The van der Waals surface area contributed by atoms with Crippen LogP contribution in [0.15, 0.2) is 23.8 Å². The highest BCUT2D eigenvalue weighted by Crippen LogP contribution is 2.40. The van der Waals surface area contributed by atoms with Crippen LogP contribution in [0, 0.1) is 5.16 Å². The van der Waals surface area contributed by atoms with Gasteiger partial charge in [-0.2, -0.15) is 0 Å². The van der Waals surface area contributed by atoms with Gasteiger partial charge in [0.25, 0.3) is 0 Å². The normalized spacial score (nSPS) is 26.7. The van der Waals surface area contributed by atoms with Crippen LogP contribution >= 0.6 is 7.71 Å². The molecule has 1 aliphatic rings. The summed E-state index contributed by atoms with van der Waals surface area (Å²) in [5.74, 6) is 0. The second-order valence-corrected chi connectivity index (χ2v) is 5.76. The van der Waals surface area contributed by atoms with E-state index >= 15 is 0 Å². The number of allylic oxidation sites excluding steroid dienone is 3. The molecule has 0 aromatic heterocycles. The Morgan fingerprint density at radius 3 is 3.08 bits per heavy atom. The zero-order valence-corrected chi connectivity index (χ0v) is 8.82. The summed E-state index contributed by atoms with van der Waals surface area (Å²) in [6.07, 6.45) is 5.41. The Kier molecular flexibility index (Phi) is 3.22. The minimum atomic E-state index is -0.501. The molecular formula is C10H17NP+. The van der Waals surface area contributed by atoms with Crippen LogP contribution < -0.4 is 0 Å². The molecule has 0 aliphatic carbocycles. The van der Waals surface area contributed by atoms with Crippen LogP contribution in [0.5, 0.6) is 0 Å². The van der Waals surface area contributed by atoms with Crippen molar-refractivity contribution in [3.63, 3.8) is 0 Å². The molecular weight excluding hydrogens is 165 g/mol. The Morgan fingerprint density at radius 1 is 1.83 bits per heavy atom. The Hall–Kier alpha value is -0.420. The van der Waals surface area contributed by atoms with Crippen LogP contribution in [0.2, 0.25) is 0 Å². The van der Waals surface area contributed by atoms with Gasteiger partial charge in [-0.25, -0.2) is 0 Å². The fourth-order valence-electron chi connectivity index (χ4n) is 1.55. The molecule has 0 saturated carbocycles. The maximum atomic E-state index is 7.89. The van der Waals surface area contributed by atoms with Crippen molar-refractivity contribution in [3.8, 4) is 0 Å². The monoisotopic (exact) mass is 182 g/mol. The van der Waals surface area contributed by atoms with E-state index in [0.29, 0.717) is 5.66 Å². The third-order valence-electron chi connectivity index (χ3n) is 2.22. The predicted molar refractivity (Wildman–Crippen MR) is 56.1 cm³/mol. The SMILES string of the molecule is C=C(C)C[C@@H]1CC(C)=CC[P+]1=N. The first-order chi connectivity index (χ1) is 5.59. The molecule has 0 aromatic rings. The van der Waals surface area contributed by atoms with E-state index in [-0.39, 0.29) is 0 Å². The molecule has 0 aromatic carbocycles. The fraction of sp³-hybridized carbons (Fsp3) is 0.600. The lowest BCUT2D eigenvalue weighted by molar-refractivity contribution is 0.803.